The molecular formula is C23H24ClN3O5. The lowest BCUT2D eigenvalue weighted by Gasteiger charge is -2.16. The van der Waals surface area contributed by atoms with Crippen LogP contribution in [-0.2, 0) is 4.79 Å². The summed E-state index contributed by atoms with van der Waals surface area (Å²) in [5, 5.41) is 11.0. The highest BCUT2D eigenvalue weighted by Crippen LogP contribution is 2.41. The number of benzene rings is 2. The SMILES string of the molecule is CCOc1cc(-c2nnc(NC(=O)C=Cc3ccccc3Cl)o2)cc(OCC)c1OCC. The van der Waals surface area contributed by atoms with E-state index in [1.807, 2.05) is 32.9 Å². The van der Waals surface area contributed by atoms with Gasteiger partial charge in [0.1, 0.15) is 0 Å². The molecule has 1 heterocycles. The summed E-state index contributed by atoms with van der Waals surface area (Å²) >= 11 is 6.09. The van der Waals surface area contributed by atoms with Gasteiger partial charge in [-0.25, -0.2) is 0 Å². The molecule has 0 saturated carbocycles. The second-order valence-electron chi connectivity index (χ2n) is 6.36. The maximum absolute atomic E-state index is 12.2. The molecule has 1 N–H and O–H groups in total. The van der Waals surface area contributed by atoms with E-state index in [-0.39, 0.29) is 11.9 Å². The lowest BCUT2D eigenvalue weighted by atomic mass is 10.2. The average molecular weight is 458 g/mol. The molecule has 0 fully saturated rings. The summed E-state index contributed by atoms with van der Waals surface area (Å²) in [6.07, 6.45) is 2.94. The van der Waals surface area contributed by atoms with Crippen molar-refractivity contribution < 1.29 is 23.4 Å². The number of hydrogen-bond acceptors (Lipinski definition) is 7. The van der Waals surface area contributed by atoms with Crippen molar-refractivity contribution in [3.63, 3.8) is 0 Å². The van der Waals surface area contributed by atoms with Crippen molar-refractivity contribution in [1.29, 1.82) is 0 Å². The molecular weight excluding hydrogens is 434 g/mol. The number of anilines is 1. The number of amides is 1. The first-order valence-electron chi connectivity index (χ1n) is 10.2. The monoisotopic (exact) mass is 457 g/mol. The fourth-order valence-electron chi connectivity index (χ4n) is 2.83. The highest BCUT2D eigenvalue weighted by Gasteiger charge is 2.19. The summed E-state index contributed by atoms with van der Waals surface area (Å²) < 4.78 is 22.7. The second-order valence-corrected chi connectivity index (χ2v) is 6.76. The largest absolute Gasteiger partial charge is 0.490 e. The van der Waals surface area contributed by atoms with Crippen LogP contribution in [0.25, 0.3) is 17.5 Å². The molecule has 8 nitrogen and oxygen atoms in total. The van der Waals surface area contributed by atoms with Gasteiger partial charge in [0.25, 0.3) is 5.91 Å². The van der Waals surface area contributed by atoms with Crippen LogP contribution >= 0.6 is 11.6 Å². The normalized spacial score (nSPS) is 10.9. The maximum atomic E-state index is 12.2. The molecule has 0 aliphatic carbocycles. The molecule has 1 aromatic heterocycles. The van der Waals surface area contributed by atoms with Crippen molar-refractivity contribution in [2.24, 2.45) is 0 Å². The van der Waals surface area contributed by atoms with Gasteiger partial charge in [0.05, 0.1) is 19.8 Å². The Bertz CT molecular complexity index is 1070. The molecule has 32 heavy (non-hydrogen) atoms. The minimum Gasteiger partial charge on any atom is -0.490 e. The number of ether oxygens (including phenoxy) is 3. The van der Waals surface area contributed by atoms with Crippen LogP contribution in [0.4, 0.5) is 6.01 Å². The smallest absolute Gasteiger partial charge is 0.322 e. The zero-order valence-electron chi connectivity index (χ0n) is 18.1. The number of hydrogen-bond donors (Lipinski definition) is 1. The van der Waals surface area contributed by atoms with Gasteiger partial charge in [-0.2, -0.15) is 0 Å². The zero-order chi connectivity index (χ0) is 22.9. The molecule has 3 rings (SSSR count). The molecule has 168 valence electrons. The van der Waals surface area contributed by atoms with E-state index in [4.69, 9.17) is 30.2 Å². The average Bonchev–Trinajstić information content (AvgIpc) is 3.24. The third-order valence-corrected chi connectivity index (χ3v) is 4.47. The number of nitrogens with one attached hydrogen (secondary N) is 1. The number of aromatic nitrogens is 2. The van der Waals surface area contributed by atoms with Crippen molar-refractivity contribution in [3.05, 3.63) is 53.1 Å². The number of carbonyl (C=O) groups is 1. The second kappa shape index (κ2) is 11.2. The van der Waals surface area contributed by atoms with Crippen molar-refractivity contribution >= 4 is 29.6 Å². The van der Waals surface area contributed by atoms with E-state index in [1.54, 1.807) is 30.3 Å². The summed E-state index contributed by atoms with van der Waals surface area (Å²) in [7, 11) is 0. The topological polar surface area (TPSA) is 95.7 Å². The highest BCUT2D eigenvalue weighted by atomic mass is 35.5. The summed E-state index contributed by atoms with van der Waals surface area (Å²) in [6, 6.07) is 10.6. The van der Waals surface area contributed by atoms with Gasteiger partial charge in [-0.3, -0.25) is 10.1 Å². The molecule has 2 aromatic carbocycles. The first-order chi connectivity index (χ1) is 15.5. The molecule has 0 atom stereocenters. The van der Waals surface area contributed by atoms with Gasteiger partial charge in [0, 0.05) is 16.7 Å². The fraction of sp³-hybridized carbons (Fsp3) is 0.261. The quantitative estimate of drug-likeness (QED) is 0.416. The van der Waals surface area contributed by atoms with Gasteiger partial charge in [-0.1, -0.05) is 34.9 Å². The first kappa shape index (κ1) is 23.1. The van der Waals surface area contributed by atoms with E-state index in [0.29, 0.717) is 47.7 Å². The van der Waals surface area contributed by atoms with Gasteiger partial charge >= 0.3 is 6.01 Å². The predicted molar refractivity (Wildman–Crippen MR) is 122 cm³/mol. The molecule has 9 heteroatoms. The van der Waals surface area contributed by atoms with Crippen molar-refractivity contribution in [2.75, 3.05) is 25.1 Å². The van der Waals surface area contributed by atoms with Gasteiger partial charge in [0.2, 0.25) is 11.6 Å². The van der Waals surface area contributed by atoms with E-state index in [1.165, 1.54) is 6.08 Å². The van der Waals surface area contributed by atoms with Crippen LogP contribution in [0.5, 0.6) is 17.2 Å². The molecule has 0 radical (unpaired) electrons. The highest BCUT2D eigenvalue weighted by molar-refractivity contribution is 6.32. The summed E-state index contributed by atoms with van der Waals surface area (Å²) in [5.74, 6) is 1.28. The van der Waals surface area contributed by atoms with E-state index >= 15 is 0 Å². The van der Waals surface area contributed by atoms with Crippen LogP contribution < -0.4 is 19.5 Å². The lowest BCUT2D eigenvalue weighted by Crippen LogP contribution is -2.07. The minimum atomic E-state index is -0.433. The molecule has 3 aromatic rings. The van der Waals surface area contributed by atoms with E-state index in [9.17, 15) is 4.79 Å². The van der Waals surface area contributed by atoms with Gasteiger partial charge < -0.3 is 18.6 Å². The number of carbonyl (C=O) groups excluding carboxylic acids is 1. The fourth-order valence-corrected chi connectivity index (χ4v) is 3.02. The standard InChI is InChI=1S/C23H24ClN3O5/c1-4-29-18-13-16(14-19(30-5-2)21(18)31-6-3)22-26-27-23(32-22)25-20(28)12-11-15-9-7-8-10-17(15)24/h7-14H,4-6H2,1-3H3,(H,25,27,28). The Morgan fingerprint density at radius 2 is 1.69 bits per heavy atom. The zero-order valence-corrected chi connectivity index (χ0v) is 18.8. The van der Waals surface area contributed by atoms with Crippen LogP contribution in [0, 0.1) is 0 Å². The van der Waals surface area contributed by atoms with E-state index < -0.39 is 5.91 Å². The van der Waals surface area contributed by atoms with Crippen LogP contribution in [0.15, 0.2) is 46.9 Å². The van der Waals surface area contributed by atoms with Gasteiger partial charge in [0.15, 0.2) is 11.5 Å². The molecule has 0 unspecified atom stereocenters. The Balaban J connectivity index is 1.81. The molecule has 0 aliphatic rings. The first-order valence-corrected chi connectivity index (χ1v) is 10.6. The predicted octanol–water partition coefficient (Wildman–Crippen LogP) is 5.24. The minimum absolute atomic E-state index is 0.0430. The Morgan fingerprint density at radius 1 is 1.03 bits per heavy atom. The third-order valence-electron chi connectivity index (χ3n) is 4.13. The molecule has 0 aliphatic heterocycles. The maximum Gasteiger partial charge on any atom is 0.322 e. The van der Waals surface area contributed by atoms with Gasteiger partial charge in [-0.15, -0.1) is 5.10 Å². The van der Waals surface area contributed by atoms with E-state index in [0.717, 1.165) is 5.56 Å². The van der Waals surface area contributed by atoms with Crippen LogP contribution in [0.2, 0.25) is 5.02 Å². The Labute approximate surface area is 191 Å². The molecule has 0 saturated heterocycles. The molecule has 1 amide bonds. The number of nitrogens with zero attached hydrogens (tertiary/aromatic N) is 2. The van der Waals surface area contributed by atoms with E-state index in [2.05, 4.69) is 15.5 Å². The number of rotatable bonds is 10. The Hall–Kier alpha value is -3.52. The Kier molecular flexibility index (Phi) is 8.10. The molecule has 0 bridgehead atoms. The molecule has 0 spiro atoms. The summed E-state index contributed by atoms with van der Waals surface area (Å²) in [4.78, 5) is 12.2. The number of halogens is 1. The van der Waals surface area contributed by atoms with Crippen molar-refractivity contribution in [2.45, 2.75) is 20.8 Å². The van der Waals surface area contributed by atoms with Gasteiger partial charge in [-0.05, 0) is 50.6 Å². The summed E-state index contributed by atoms with van der Waals surface area (Å²) in [5.41, 5.74) is 1.29. The van der Waals surface area contributed by atoms with Crippen LogP contribution in [-0.4, -0.2) is 35.9 Å². The van der Waals surface area contributed by atoms with Crippen LogP contribution in [0.3, 0.4) is 0 Å². The summed E-state index contributed by atoms with van der Waals surface area (Å²) in [6.45, 7) is 6.97. The lowest BCUT2D eigenvalue weighted by molar-refractivity contribution is -0.112. The van der Waals surface area contributed by atoms with Crippen LogP contribution in [0.1, 0.15) is 26.3 Å². The van der Waals surface area contributed by atoms with Crippen molar-refractivity contribution in [1.82, 2.24) is 10.2 Å². The third kappa shape index (κ3) is 5.79. The Morgan fingerprint density at radius 3 is 2.31 bits per heavy atom. The van der Waals surface area contributed by atoms with Crippen molar-refractivity contribution in [3.8, 4) is 28.7 Å².